The zero-order valence-corrected chi connectivity index (χ0v) is 13.2. The maximum Gasteiger partial charge on any atom is 0.274 e. The fraction of sp³-hybridized carbons (Fsp3) is 0.333. The van der Waals surface area contributed by atoms with Crippen LogP contribution in [0.4, 0.5) is 5.69 Å². The Hall–Kier alpha value is -2.01. The fourth-order valence-corrected chi connectivity index (χ4v) is 2.35. The summed E-state index contributed by atoms with van der Waals surface area (Å²) in [6, 6.07) is 7.41. The van der Waals surface area contributed by atoms with Crippen molar-refractivity contribution in [2.45, 2.75) is 19.9 Å². The summed E-state index contributed by atoms with van der Waals surface area (Å²) >= 11 is 5.86. The van der Waals surface area contributed by atoms with Gasteiger partial charge in [-0.25, -0.2) is 0 Å². The molecule has 1 aromatic carbocycles. The number of nitrogens with two attached hydrogens (primary N) is 1. The molecule has 0 radical (unpaired) electrons. The molecule has 2 rings (SSSR count). The van der Waals surface area contributed by atoms with Crippen molar-refractivity contribution in [3.8, 4) is 0 Å². The molecule has 2 N–H and O–H groups in total. The number of hydrogen-bond donors (Lipinski definition) is 1. The van der Waals surface area contributed by atoms with Crippen LogP contribution in [0.1, 0.15) is 28.7 Å². The topological polar surface area (TPSA) is 64.2 Å². The number of carbonyl (C=O) groups excluding carboxylic acids is 1. The van der Waals surface area contributed by atoms with E-state index in [1.165, 1.54) is 0 Å². The normalized spacial score (nSPS) is 10.7. The second kappa shape index (κ2) is 6.18. The Morgan fingerprint density at radius 3 is 2.52 bits per heavy atom. The molecule has 5 nitrogen and oxygen atoms in total. The van der Waals surface area contributed by atoms with Crippen LogP contribution in [0.25, 0.3) is 0 Å². The standard InChI is InChI=1S/C15H19ClN4O/c1-4-12-13(17)14(20(3)18-12)15(21)19(2)9-10-5-7-11(16)8-6-10/h5-8H,4,9,17H2,1-3H3. The van der Waals surface area contributed by atoms with E-state index in [0.717, 1.165) is 11.3 Å². The molecule has 0 unspecified atom stereocenters. The van der Waals surface area contributed by atoms with Crippen LogP contribution in [0.3, 0.4) is 0 Å². The second-order valence-electron chi connectivity index (χ2n) is 4.97. The first-order chi connectivity index (χ1) is 9.93. The smallest absolute Gasteiger partial charge is 0.274 e. The third-order valence-corrected chi connectivity index (χ3v) is 3.63. The number of aromatic nitrogens is 2. The van der Waals surface area contributed by atoms with E-state index >= 15 is 0 Å². The van der Waals surface area contributed by atoms with Gasteiger partial charge in [0, 0.05) is 25.7 Å². The van der Waals surface area contributed by atoms with Crippen molar-refractivity contribution in [2.75, 3.05) is 12.8 Å². The van der Waals surface area contributed by atoms with Crippen LogP contribution < -0.4 is 5.73 Å². The van der Waals surface area contributed by atoms with Gasteiger partial charge < -0.3 is 10.6 Å². The Balaban J connectivity index is 2.19. The van der Waals surface area contributed by atoms with Crippen LogP contribution in [-0.2, 0) is 20.0 Å². The third-order valence-electron chi connectivity index (χ3n) is 3.38. The molecule has 0 saturated carbocycles. The van der Waals surface area contributed by atoms with Crippen LogP contribution in [-0.4, -0.2) is 27.6 Å². The van der Waals surface area contributed by atoms with Gasteiger partial charge in [0.2, 0.25) is 0 Å². The van der Waals surface area contributed by atoms with E-state index in [1.54, 1.807) is 23.7 Å². The van der Waals surface area contributed by atoms with Gasteiger partial charge in [-0.05, 0) is 24.1 Å². The van der Waals surface area contributed by atoms with Crippen LogP contribution >= 0.6 is 11.6 Å². The Labute approximate surface area is 129 Å². The fourth-order valence-electron chi connectivity index (χ4n) is 2.23. The van der Waals surface area contributed by atoms with Gasteiger partial charge in [0.1, 0.15) is 5.69 Å². The number of benzene rings is 1. The van der Waals surface area contributed by atoms with E-state index in [-0.39, 0.29) is 5.91 Å². The maximum atomic E-state index is 12.5. The molecule has 21 heavy (non-hydrogen) atoms. The highest BCUT2D eigenvalue weighted by Gasteiger charge is 2.22. The van der Waals surface area contributed by atoms with E-state index in [4.69, 9.17) is 17.3 Å². The summed E-state index contributed by atoms with van der Waals surface area (Å²) in [4.78, 5) is 14.2. The molecule has 0 aliphatic heterocycles. The average molecular weight is 307 g/mol. The molecule has 0 spiro atoms. The molecule has 1 amide bonds. The first-order valence-electron chi connectivity index (χ1n) is 6.75. The zero-order valence-electron chi connectivity index (χ0n) is 12.4. The number of nitrogens with zero attached hydrogens (tertiary/aromatic N) is 3. The molecule has 0 saturated heterocycles. The molecule has 1 aromatic heterocycles. The minimum Gasteiger partial charge on any atom is -0.395 e. The van der Waals surface area contributed by atoms with E-state index in [0.29, 0.717) is 29.4 Å². The molecule has 0 aliphatic rings. The highest BCUT2D eigenvalue weighted by Crippen LogP contribution is 2.19. The summed E-state index contributed by atoms with van der Waals surface area (Å²) < 4.78 is 1.55. The largest absolute Gasteiger partial charge is 0.395 e. The Morgan fingerprint density at radius 1 is 1.38 bits per heavy atom. The summed E-state index contributed by atoms with van der Waals surface area (Å²) in [5.41, 5.74) is 8.67. The second-order valence-corrected chi connectivity index (χ2v) is 5.41. The number of nitrogen functional groups attached to an aromatic ring is 1. The lowest BCUT2D eigenvalue weighted by molar-refractivity contribution is 0.0775. The number of hydrogen-bond acceptors (Lipinski definition) is 3. The summed E-state index contributed by atoms with van der Waals surface area (Å²) in [6.07, 6.45) is 0.702. The van der Waals surface area contributed by atoms with Gasteiger partial charge in [0.15, 0.2) is 0 Å². The van der Waals surface area contributed by atoms with Crippen molar-refractivity contribution < 1.29 is 4.79 Å². The summed E-state index contributed by atoms with van der Waals surface area (Å²) in [7, 11) is 3.48. The van der Waals surface area contributed by atoms with E-state index < -0.39 is 0 Å². The molecule has 2 aromatic rings. The quantitative estimate of drug-likeness (QED) is 0.944. The van der Waals surface area contributed by atoms with Crippen molar-refractivity contribution in [1.29, 1.82) is 0 Å². The molecule has 1 heterocycles. The molecular formula is C15H19ClN4O. The molecule has 0 aliphatic carbocycles. The van der Waals surface area contributed by atoms with Gasteiger partial charge in [0.05, 0.1) is 11.4 Å². The summed E-state index contributed by atoms with van der Waals surface area (Å²) in [5, 5.41) is 4.95. The lowest BCUT2D eigenvalue weighted by Gasteiger charge is -2.17. The molecule has 0 bridgehead atoms. The van der Waals surface area contributed by atoms with Crippen molar-refractivity contribution in [3.63, 3.8) is 0 Å². The number of rotatable bonds is 4. The van der Waals surface area contributed by atoms with Gasteiger partial charge >= 0.3 is 0 Å². The summed E-state index contributed by atoms with van der Waals surface area (Å²) in [5.74, 6) is -0.142. The lowest BCUT2D eigenvalue weighted by atomic mass is 10.2. The highest BCUT2D eigenvalue weighted by molar-refractivity contribution is 6.30. The first-order valence-corrected chi connectivity index (χ1v) is 7.13. The Morgan fingerprint density at radius 2 is 2.00 bits per heavy atom. The van der Waals surface area contributed by atoms with Gasteiger partial charge in [-0.1, -0.05) is 30.7 Å². The van der Waals surface area contributed by atoms with Crippen molar-refractivity contribution in [2.24, 2.45) is 7.05 Å². The van der Waals surface area contributed by atoms with Gasteiger partial charge in [-0.2, -0.15) is 5.10 Å². The number of carbonyl (C=O) groups is 1. The number of anilines is 1. The van der Waals surface area contributed by atoms with Crippen LogP contribution in [0.15, 0.2) is 24.3 Å². The maximum absolute atomic E-state index is 12.5. The minimum absolute atomic E-state index is 0.142. The van der Waals surface area contributed by atoms with Crippen molar-refractivity contribution >= 4 is 23.2 Å². The van der Waals surface area contributed by atoms with Crippen LogP contribution in [0.5, 0.6) is 0 Å². The number of amides is 1. The monoisotopic (exact) mass is 306 g/mol. The van der Waals surface area contributed by atoms with Crippen molar-refractivity contribution in [3.05, 3.63) is 46.2 Å². The van der Waals surface area contributed by atoms with Crippen LogP contribution in [0, 0.1) is 0 Å². The van der Waals surface area contributed by atoms with E-state index in [1.807, 2.05) is 31.2 Å². The average Bonchev–Trinajstić information content (AvgIpc) is 2.75. The van der Waals surface area contributed by atoms with E-state index in [9.17, 15) is 4.79 Å². The van der Waals surface area contributed by atoms with Gasteiger partial charge in [-0.3, -0.25) is 9.48 Å². The van der Waals surface area contributed by atoms with Gasteiger partial charge in [-0.15, -0.1) is 0 Å². The molecule has 0 fully saturated rings. The minimum atomic E-state index is -0.142. The van der Waals surface area contributed by atoms with Crippen molar-refractivity contribution in [1.82, 2.24) is 14.7 Å². The molecular weight excluding hydrogens is 288 g/mol. The van der Waals surface area contributed by atoms with E-state index in [2.05, 4.69) is 5.10 Å². The lowest BCUT2D eigenvalue weighted by Crippen LogP contribution is -2.28. The zero-order chi connectivity index (χ0) is 15.6. The highest BCUT2D eigenvalue weighted by atomic mass is 35.5. The predicted molar refractivity (Wildman–Crippen MR) is 84.2 cm³/mol. The third kappa shape index (κ3) is 3.19. The predicted octanol–water partition coefficient (Wildman–Crippen LogP) is 2.49. The van der Waals surface area contributed by atoms with Crippen LogP contribution in [0.2, 0.25) is 5.02 Å². The molecule has 6 heteroatoms. The first kappa shape index (κ1) is 15.4. The molecule has 0 atom stereocenters. The number of aryl methyl sites for hydroxylation is 2. The van der Waals surface area contributed by atoms with Gasteiger partial charge in [0.25, 0.3) is 5.91 Å². The summed E-state index contributed by atoms with van der Waals surface area (Å²) in [6.45, 7) is 2.45. The SMILES string of the molecule is CCc1nn(C)c(C(=O)N(C)Cc2ccc(Cl)cc2)c1N. The Kier molecular flexibility index (Phi) is 4.53. The Bertz CT molecular complexity index is 648. The number of halogens is 1. The molecule has 112 valence electrons.